The molecule has 0 bridgehead atoms. The number of H-pyrrole nitrogens is 1. The minimum Gasteiger partial charge on any atom is -0.497 e. The summed E-state index contributed by atoms with van der Waals surface area (Å²) >= 11 is 0. The van der Waals surface area contributed by atoms with Crippen molar-refractivity contribution >= 4 is 12.2 Å². The number of hydrogen-bond acceptors (Lipinski definition) is 5. The number of ether oxygens (including phenoxy) is 1. The summed E-state index contributed by atoms with van der Waals surface area (Å²) in [4.78, 5) is 4.28. The number of pyridine rings is 1. The van der Waals surface area contributed by atoms with E-state index in [1.165, 1.54) is 22.3 Å². The number of aromatic amines is 1. The number of nitrogens with one attached hydrogen (secondary N) is 1. The van der Waals surface area contributed by atoms with Gasteiger partial charge in [0.2, 0.25) is 5.82 Å². The second-order valence-electron chi connectivity index (χ2n) is 6.83. The second kappa shape index (κ2) is 8.06. The quantitative estimate of drug-likeness (QED) is 0.539. The molecule has 0 amide bonds. The van der Waals surface area contributed by atoms with Crippen LogP contribution in [0.3, 0.4) is 0 Å². The summed E-state index contributed by atoms with van der Waals surface area (Å²) in [6.07, 6.45) is 7.71. The fourth-order valence-corrected chi connectivity index (χ4v) is 3.34. The topological polar surface area (TPSA) is 76.6 Å². The number of hydrogen-bond donors (Lipinski definition) is 1. The molecule has 0 aliphatic heterocycles. The minimum atomic E-state index is 0.530. The van der Waals surface area contributed by atoms with E-state index in [-0.39, 0.29) is 0 Å². The Balaban J connectivity index is 1.63. The summed E-state index contributed by atoms with van der Waals surface area (Å²) in [5, 5.41) is 14.1. The largest absolute Gasteiger partial charge is 0.497 e. The highest BCUT2D eigenvalue weighted by molar-refractivity contribution is 5.77. The molecule has 4 rings (SSSR count). The normalized spacial score (nSPS) is 11.1. The first-order valence-corrected chi connectivity index (χ1v) is 9.26. The Morgan fingerprint density at radius 3 is 2.45 bits per heavy atom. The van der Waals surface area contributed by atoms with E-state index in [4.69, 9.17) is 4.74 Å². The lowest BCUT2D eigenvalue weighted by Gasteiger charge is -2.11. The maximum Gasteiger partial charge on any atom is 0.206 e. The van der Waals surface area contributed by atoms with Crippen LogP contribution in [-0.4, -0.2) is 32.7 Å². The van der Waals surface area contributed by atoms with Gasteiger partial charge in [0.05, 0.1) is 7.11 Å². The summed E-state index contributed by atoms with van der Waals surface area (Å²) in [5.74, 6) is 1.39. The zero-order valence-electron chi connectivity index (χ0n) is 16.5. The lowest BCUT2D eigenvalue weighted by atomic mass is 9.95. The van der Waals surface area contributed by atoms with Gasteiger partial charge in [-0.05, 0) is 70.6 Å². The van der Waals surface area contributed by atoms with E-state index >= 15 is 0 Å². The van der Waals surface area contributed by atoms with E-state index in [1.807, 2.05) is 24.4 Å². The molecule has 2 heterocycles. The van der Waals surface area contributed by atoms with Gasteiger partial charge in [0.1, 0.15) is 5.75 Å². The fourth-order valence-electron chi connectivity index (χ4n) is 3.34. The molecular formula is C23H21N5O. The number of benzene rings is 2. The van der Waals surface area contributed by atoms with Gasteiger partial charge in [-0.2, -0.15) is 5.21 Å². The predicted octanol–water partition coefficient (Wildman–Crippen LogP) is 4.72. The second-order valence-corrected chi connectivity index (χ2v) is 6.83. The molecule has 2 aromatic carbocycles. The molecule has 0 unspecified atom stereocenters. The molecule has 0 saturated carbocycles. The molecule has 0 fully saturated rings. The third-order valence-corrected chi connectivity index (χ3v) is 4.80. The number of aryl methyl sites for hydroxylation is 2. The van der Waals surface area contributed by atoms with E-state index in [0.29, 0.717) is 5.82 Å². The molecule has 2 aromatic heterocycles. The minimum absolute atomic E-state index is 0.530. The van der Waals surface area contributed by atoms with Gasteiger partial charge in [0.25, 0.3) is 0 Å². The highest BCUT2D eigenvalue weighted by Gasteiger charge is 2.07. The van der Waals surface area contributed by atoms with Gasteiger partial charge in [0.15, 0.2) is 0 Å². The molecule has 144 valence electrons. The lowest BCUT2D eigenvalue weighted by Crippen LogP contribution is -1.90. The van der Waals surface area contributed by atoms with Crippen LogP contribution in [0.5, 0.6) is 5.75 Å². The lowest BCUT2D eigenvalue weighted by molar-refractivity contribution is 0.415. The summed E-state index contributed by atoms with van der Waals surface area (Å²) in [6, 6.07) is 14.5. The van der Waals surface area contributed by atoms with Gasteiger partial charge in [-0.25, -0.2) is 0 Å². The molecule has 0 radical (unpaired) electrons. The highest BCUT2D eigenvalue weighted by Crippen LogP contribution is 2.29. The monoisotopic (exact) mass is 383 g/mol. The highest BCUT2D eigenvalue weighted by atomic mass is 16.5. The van der Waals surface area contributed by atoms with Gasteiger partial charge in [-0.15, -0.1) is 10.2 Å². The zero-order chi connectivity index (χ0) is 20.2. The molecule has 0 atom stereocenters. The van der Waals surface area contributed by atoms with Crippen molar-refractivity contribution in [3.05, 3.63) is 77.1 Å². The smallest absolute Gasteiger partial charge is 0.206 e. The molecule has 0 spiro atoms. The molecule has 0 aliphatic carbocycles. The fraction of sp³-hybridized carbons (Fsp3) is 0.130. The van der Waals surface area contributed by atoms with Gasteiger partial charge >= 0.3 is 0 Å². The van der Waals surface area contributed by atoms with Crippen molar-refractivity contribution in [3.8, 4) is 28.3 Å². The summed E-state index contributed by atoms with van der Waals surface area (Å²) in [5.41, 5.74) is 7.73. The molecule has 6 nitrogen and oxygen atoms in total. The Hall–Kier alpha value is -3.80. The van der Waals surface area contributed by atoms with Crippen molar-refractivity contribution < 1.29 is 4.74 Å². The number of tetrazole rings is 1. The molecule has 29 heavy (non-hydrogen) atoms. The Morgan fingerprint density at radius 2 is 1.72 bits per heavy atom. The standard InChI is InChI=1S/C23H21N5O/c1-15-9-19(18-5-4-6-21(12-18)29-3)10-16(2)22(15)8-7-17-11-20(14-24-13-17)23-25-27-28-26-23/h4-14H,1-3H3,(H,25,26,27,28)/b8-7+. The molecule has 4 aromatic rings. The SMILES string of the molecule is COc1cccc(-c2cc(C)c(/C=C/c3cncc(-c4nn[nH]n4)c3)c(C)c2)c1. The average Bonchev–Trinajstić information content (AvgIpc) is 3.28. The third kappa shape index (κ3) is 4.06. The predicted molar refractivity (Wildman–Crippen MR) is 114 cm³/mol. The summed E-state index contributed by atoms with van der Waals surface area (Å²) in [7, 11) is 1.69. The Kier molecular flexibility index (Phi) is 5.16. The van der Waals surface area contributed by atoms with E-state index in [1.54, 1.807) is 13.3 Å². The first-order valence-electron chi connectivity index (χ1n) is 9.26. The van der Waals surface area contributed by atoms with E-state index in [2.05, 4.69) is 75.9 Å². The summed E-state index contributed by atoms with van der Waals surface area (Å²) < 4.78 is 5.35. The van der Waals surface area contributed by atoms with Crippen LogP contribution in [-0.2, 0) is 0 Å². The van der Waals surface area contributed by atoms with Crippen LogP contribution in [0.2, 0.25) is 0 Å². The average molecular weight is 383 g/mol. The summed E-state index contributed by atoms with van der Waals surface area (Å²) in [6.45, 7) is 4.26. The molecule has 0 aliphatic rings. The van der Waals surface area contributed by atoms with Crippen LogP contribution in [0, 0.1) is 13.8 Å². The van der Waals surface area contributed by atoms with Crippen LogP contribution in [0.4, 0.5) is 0 Å². The molecule has 1 N–H and O–H groups in total. The van der Waals surface area contributed by atoms with Gasteiger partial charge in [-0.3, -0.25) is 4.98 Å². The molecule has 6 heteroatoms. The van der Waals surface area contributed by atoms with Crippen LogP contribution in [0.25, 0.3) is 34.7 Å². The maximum atomic E-state index is 5.35. The number of methoxy groups -OCH3 is 1. The van der Waals surface area contributed by atoms with E-state index in [0.717, 1.165) is 22.4 Å². The van der Waals surface area contributed by atoms with Gasteiger partial charge in [0, 0.05) is 18.0 Å². The van der Waals surface area contributed by atoms with Crippen LogP contribution in [0.1, 0.15) is 22.3 Å². The van der Waals surface area contributed by atoms with E-state index in [9.17, 15) is 0 Å². The van der Waals surface area contributed by atoms with Gasteiger partial charge in [-0.1, -0.05) is 36.4 Å². The van der Waals surface area contributed by atoms with Crippen LogP contribution >= 0.6 is 0 Å². The molecule has 0 saturated heterocycles. The zero-order valence-corrected chi connectivity index (χ0v) is 16.5. The first-order chi connectivity index (χ1) is 14.1. The number of rotatable bonds is 5. The van der Waals surface area contributed by atoms with E-state index < -0.39 is 0 Å². The van der Waals surface area contributed by atoms with Crippen molar-refractivity contribution in [3.63, 3.8) is 0 Å². The van der Waals surface area contributed by atoms with Crippen LogP contribution in [0.15, 0.2) is 54.9 Å². The Morgan fingerprint density at radius 1 is 0.897 bits per heavy atom. The maximum absolute atomic E-state index is 5.35. The number of nitrogens with zero attached hydrogens (tertiary/aromatic N) is 4. The van der Waals surface area contributed by atoms with Crippen molar-refractivity contribution in [2.24, 2.45) is 0 Å². The van der Waals surface area contributed by atoms with Crippen molar-refractivity contribution in [1.29, 1.82) is 0 Å². The van der Waals surface area contributed by atoms with Gasteiger partial charge < -0.3 is 4.74 Å². The molecular weight excluding hydrogens is 362 g/mol. The van der Waals surface area contributed by atoms with Crippen molar-refractivity contribution in [2.75, 3.05) is 7.11 Å². The van der Waals surface area contributed by atoms with Crippen LogP contribution < -0.4 is 4.74 Å². The van der Waals surface area contributed by atoms with Crippen molar-refractivity contribution in [1.82, 2.24) is 25.6 Å². The third-order valence-electron chi connectivity index (χ3n) is 4.80. The van der Waals surface area contributed by atoms with Crippen molar-refractivity contribution in [2.45, 2.75) is 13.8 Å². The Bertz CT molecular complexity index is 1140. The number of aromatic nitrogens is 5. The Labute approximate surface area is 169 Å². The first kappa shape index (κ1) is 18.6.